The van der Waals surface area contributed by atoms with Gasteiger partial charge in [0.1, 0.15) is 60.6 Å². The summed E-state index contributed by atoms with van der Waals surface area (Å²) in [5, 5.41) is 11.2. The molecule has 0 spiro atoms. The first kappa shape index (κ1) is 64.2. The standard InChI is InChI=1S/C57H74N8O15P2SSi2/c1-56(2,3)84(8,9)79-45-41(33-66)75-53(64-29-25-40-48(64)61-36-62(52(40)68)27-19-30-72-55(69)38-22-16-13-17-23-38)46(45)78-82(83,73-31-26-58-7)74-34-42-44(77-81(70)71)47(80-85(10,11)57(4,5)6)54(76-42)65-32-39-24-18-28-63(49-43(39)50(65)60-35-59-49)51(67)37-20-14-12-15-21-37/h12-17,20-23,25,29,32,35-36,41-42,44-47,53-54,66H,18-19,24,26-28,30-31,33-34H2,1-6,8-11H3/p+1/t41-,42-,44-,45-,46-,47-,53-,54-,82?/m1/s1. The molecule has 7 heterocycles. The monoisotopic (exact) mass is 1260 g/mol. The summed E-state index contributed by atoms with van der Waals surface area (Å²) in [7, 11) is -8.85. The molecule has 456 valence electrons. The molecule has 1 amide bonds. The van der Waals surface area contributed by atoms with E-state index < -0.39 is 99.9 Å². The van der Waals surface area contributed by atoms with E-state index in [1.807, 2.05) is 50.6 Å². The van der Waals surface area contributed by atoms with Crippen molar-refractivity contribution in [2.75, 3.05) is 44.4 Å². The average molecular weight is 1260 g/mol. The number of hydrogen-bond donors (Lipinski definition) is 2. The van der Waals surface area contributed by atoms with Gasteiger partial charge >= 0.3 is 20.9 Å². The molecule has 0 bridgehead atoms. The van der Waals surface area contributed by atoms with Gasteiger partial charge in [-0.3, -0.25) is 23.6 Å². The van der Waals surface area contributed by atoms with Crippen molar-refractivity contribution in [3.05, 3.63) is 130 Å². The number of anilines is 1. The van der Waals surface area contributed by atoms with Crippen molar-refractivity contribution in [1.29, 1.82) is 0 Å². The molecule has 2 fully saturated rings. The third kappa shape index (κ3) is 13.9. The topological polar surface area (TPSA) is 253 Å². The van der Waals surface area contributed by atoms with E-state index >= 15 is 0 Å². The molecule has 3 aliphatic rings. The number of aryl methyl sites for hydroxylation is 2. The zero-order valence-electron chi connectivity index (χ0n) is 49.4. The lowest BCUT2D eigenvalue weighted by molar-refractivity contribution is -0.0572. The van der Waals surface area contributed by atoms with Gasteiger partial charge in [-0.05, 0) is 103 Å². The van der Waals surface area contributed by atoms with Gasteiger partial charge < -0.3 is 51.2 Å². The van der Waals surface area contributed by atoms with E-state index in [0.717, 1.165) is 5.56 Å². The average Bonchev–Trinajstić information content (AvgIpc) is 1.85. The van der Waals surface area contributed by atoms with E-state index in [4.69, 9.17) is 69.5 Å². The maximum atomic E-state index is 14.1. The molecule has 23 nitrogen and oxygen atoms in total. The summed E-state index contributed by atoms with van der Waals surface area (Å²) in [6.07, 6.45) is -1.23. The SMILES string of the molecule is [C-]#[N+]CCOP(=S)(OC[C@H]1O[C@@H](n2cc3c4c(ncnc42)N(C(=O)c2ccccc2)CCC3)[C@H](O[Si](C)(C)C(C)(C)C)[C@@H]1O[P+](=O)O)O[C@@H]1[C@H](O[Si](C)(C)C(C)(C)C)[C@@H](CO)O[C@H]1n1ccc2c(=O)n(CCCOC(=O)c3ccccc3)cnc21. The van der Waals surface area contributed by atoms with E-state index in [9.17, 15) is 28.9 Å². The summed E-state index contributed by atoms with van der Waals surface area (Å²) in [6.45, 7) is 23.4. The second-order valence-corrected chi connectivity index (χ2v) is 37.4. The number of fused-ring (bicyclic) bond motifs is 1. The van der Waals surface area contributed by atoms with Gasteiger partial charge in [0.2, 0.25) is 6.54 Å². The van der Waals surface area contributed by atoms with Crippen molar-refractivity contribution in [3.63, 3.8) is 0 Å². The normalized spacial score (nSPS) is 23.0. The van der Waals surface area contributed by atoms with Crippen LogP contribution in [-0.2, 0) is 70.5 Å². The molecule has 9 rings (SSSR count). The Morgan fingerprint density at radius 3 is 2.13 bits per heavy atom. The number of rotatable bonds is 23. The minimum Gasteiger partial charge on any atom is -0.462 e. The second-order valence-electron chi connectivity index (χ2n) is 24.3. The molecule has 3 aliphatic heterocycles. The predicted octanol–water partition coefficient (Wildman–Crippen LogP) is 9.65. The molecular formula is C57H75N8O15P2SSi2+. The lowest BCUT2D eigenvalue weighted by Gasteiger charge is -2.41. The predicted molar refractivity (Wildman–Crippen MR) is 326 cm³/mol. The van der Waals surface area contributed by atoms with Gasteiger partial charge in [-0.25, -0.2) is 26.3 Å². The smallest absolute Gasteiger partial charge is 0.462 e. The minimum atomic E-state index is -4.15. The number of carbonyl (C=O) groups excluding carboxylic acids is 2. The molecule has 2 saturated heterocycles. The summed E-state index contributed by atoms with van der Waals surface area (Å²) in [5.41, 5.74) is 2.05. The summed E-state index contributed by atoms with van der Waals surface area (Å²) in [6, 6.07) is 19.2. The highest BCUT2D eigenvalue weighted by molar-refractivity contribution is 8.07. The lowest BCUT2D eigenvalue weighted by Crippen LogP contribution is -2.50. The lowest BCUT2D eigenvalue weighted by atomic mass is 10.1. The Kier molecular flexibility index (Phi) is 19.8. The van der Waals surface area contributed by atoms with Crippen molar-refractivity contribution in [1.82, 2.24) is 28.7 Å². The van der Waals surface area contributed by atoms with Crippen LogP contribution in [-0.4, -0.2) is 143 Å². The number of amides is 1. The summed E-state index contributed by atoms with van der Waals surface area (Å²) < 4.78 is 77.3. The summed E-state index contributed by atoms with van der Waals surface area (Å²) in [4.78, 5) is 70.8. The van der Waals surface area contributed by atoms with E-state index in [-0.39, 0.29) is 58.9 Å². The van der Waals surface area contributed by atoms with Crippen LogP contribution in [0, 0.1) is 6.57 Å². The maximum absolute atomic E-state index is 14.1. The first-order valence-corrected chi connectivity index (χ1v) is 37.8. The highest BCUT2D eigenvalue weighted by Gasteiger charge is 2.57. The molecule has 4 aromatic heterocycles. The fraction of sp³-hybridized carbons (Fsp3) is 0.526. The first-order valence-electron chi connectivity index (χ1n) is 28.3. The van der Waals surface area contributed by atoms with E-state index in [2.05, 4.69) is 51.4 Å². The van der Waals surface area contributed by atoms with Gasteiger partial charge in [0, 0.05) is 35.6 Å². The zero-order valence-corrected chi connectivity index (χ0v) is 54.0. The number of ether oxygens (including phenoxy) is 3. The highest BCUT2D eigenvalue weighted by Crippen LogP contribution is 2.57. The Bertz CT molecular complexity index is 3540. The largest absolute Gasteiger partial charge is 0.695 e. The van der Waals surface area contributed by atoms with Crippen molar-refractivity contribution in [2.45, 2.75) is 153 Å². The minimum absolute atomic E-state index is 0.0619. The van der Waals surface area contributed by atoms with Crippen molar-refractivity contribution < 1.29 is 65.3 Å². The Hall–Kier alpha value is -5.31. The number of aromatic nitrogens is 6. The van der Waals surface area contributed by atoms with Gasteiger partial charge in [0.25, 0.3) is 11.5 Å². The molecule has 0 radical (unpaired) electrons. The zero-order chi connectivity index (χ0) is 61.2. The van der Waals surface area contributed by atoms with Gasteiger partial charge in [-0.2, -0.15) is 0 Å². The molecular weight excluding hydrogens is 1190 g/mol. The molecule has 2 unspecified atom stereocenters. The molecule has 85 heavy (non-hydrogen) atoms. The number of aliphatic hydroxyl groups is 1. The van der Waals surface area contributed by atoms with Crippen LogP contribution in [0.25, 0.3) is 26.9 Å². The van der Waals surface area contributed by atoms with Gasteiger partial charge in [-0.1, -0.05) is 77.9 Å². The molecule has 0 saturated carbocycles. The Balaban J connectivity index is 1.06. The van der Waals surface area contributed by atoms with Crippen molar-refractivity contribution >= 4 is 83.2 Å². The number of nitrogens with zero attached hydrogens (tertiary/aromatic N) is 8. The first-order chi connectivity index (χ1) is 40.3. The Morgan fingerprint density at radius 2 is 1.48 bits per heavy atom. The van der Waals surface area contributed by atoms with Crippen molar-refractivity contribution in [3.8, 4) is 0 Å². The van der Waals surface area contributed by atoms with Crippen molar-refractivity contribution in [2.24, 2.45) is 0 Å². The van der Waals surface area contributed by atoms with Crippen LogP contribution < -0.4 is 10.5 Å². The molecule has 2 aromatic carbocycles. The van der Waals surface area contributed by atoms with E-state index in [1.165, 1.54) is 17.2 Å². The van der Waals surface area contributed by atoms with Gasteiger partial charge in [-0.15, -0.1) is 9.42 Å². The summed E-state index contributed by atoms with van der Waals surface area (Å²) >= 11 is 6.33. The van der Waals surface area contributed by atoms with Crippen LogP contribution in [0.15, 0.2) is 96.6 Å². The quantitative estimate of drug-likeness (QED) is 0.0199. The number of aliphatic hydroxyl groups excluding tert-OH is 1. The van der Waals surface area contributed by atoms with E-state index in [1.54, 1.807) is 68.8 Å². The number of carbonyl (C=O) groups is 2. The molecule has 10 atom stereocenters. The third-order valence-electron chi connectivity index (χ3n) is 16.6. The van der Waals surface area contributed by atoms with E-state index in [0.29, 0.717) is 53.8 Å². The molecule has 0 aliphatic carbocycles. The molecule has 6 aromatic rings. The van der Waals surface area contributed by atoms with Crippen LogP contribution >= 0.6 is 15.0 Å². The maximum Gasteiger partial charge on any atom is 0.695 e. The number of esters is 1. The van der Waals surface area contributed by atoms with Crippen LogP contribution in [0.3, 0.4) is 0 Å². The van der Waals surface area contributed by atoms with Crippen LogP contribution in [0.4, 0.5) is 5.82 Å². The van der Waals surface area contributed by atoms with Crippen LogP contribution in [0.1, 0.15) is 93.1 Å². The van der Waals surface area contributed by atoms with Gasteiger partial charge in [0.05, 0.1) is 42.5 Å². The second kappa shape index (κ2) is 26.2. The number of hydrogen-bond acceptors (Lipinski definition) is 18. The molecule has 28 heteroatoms. The molecule has 2 N–H and O–H groups in total. The van der Waals surface area contributed by atoms with Crippen LogP contribution in [0.2, 0.25) is 36.3 Å². The summed E-state index contributed by atoms with van der Waals surface area (Å²) in [5.74, 6) is -0.266. The number of benzene rings is 2. The Labute approximate surface area is 502 Å². The fourth-order valence-corrected chi connectivity index (χ4v) is 15.2. The fourth-order valence-electron chi connectivity index (χ4n) is 10.1. The Morgan fingerprint density at radius 1 is 0.835 bits per heavy atom. The highest BCUT2D eigenvalue weighted by atomic mass is 32.5. The third-order valence-corrected chi connectivity index (χ3v) is 28.3. The van der Waals surface area contributed by atoms with Gasteiger partial charge in [0.15, 0.2) is 35.2 Å². The van der Waals surface area contributed by atoms with Crippen LogP contribution in [0.5, 0.6) is 0 Å².